The zero-order valence-electron chi connectivity index (χ0n) is 9.87. The van der Waals surface area contributed by atoms with E-state index in [1.54, 1.807) is 6.92 Å². The van der Waals surface area contributed by atoms with Crippen molar-refractivity contribution < 1.29 is 9.63 Å². The molecule has 4 heteroatoms. The van der Waals surface area contributed by atoms with Gasteiger partial charge in [0.15, 0.2) is 0 Å². The molecular weight excluding hydrogens is 228 g/mol. The lowest BCUT2D eigenvalue weighted by molar-refractivity contribution is 0.152. The van der Waals surface area contributed by atoms with E-state index >= 15 is 0 Å². The van der Waals surface area contributed by atoms with Crippen molar-refractivity contribution in [1.82, 2.24) is 10.1 Å². The summed E-state index contributed by atoms with van der Waals surface area (Å²) in [6, 6.07) is 14.0. The Bertz CT molecular complexity index is 689. The quantitative estimate of drug-likeness (QED) is 0.748. The number of aliphatic hydroxyl groups excluding tert-OH is 1. The average molecular weight is 240 g/mol. The van der Waals surface area contributed by atoms with Gasteiger partial charge in [0.05, 0.1) is 0 Å². The first kappa shape index (κ1) is 10.9. The molecule has 0 aliphatic rings. The number of nitrogens with zero attached hydrogens (tertiary/aromatic N) is 2. The van der Waals surface area contributed by atoms with E-state index in [-0.39, 0.29) is 5.89 Å². The maximum atomic E-state index is 9.36. The van der Waals surface area contributed by atoms with Gasteiger partial charge in [0.25, 0.3) is 5.89 Å². The molecule has 90 valence electrons. The number of fused-ring (bicyclic) bond motifs is 1. The summed E-state index contributed by atoms with van der Waals surface area (Å²) in [7, 11) is 0. The molecule has 0 aliphatic carbocycles. The highest BCUT2D eigenvalue weighted by atomic mass is 16.5. The molecule has 0 fully saturated rings. The van der Waals surface area contributed by atoms with Crippen LogP contribution in [0.3, 0.4) is 0 Å². The largest absolute Gasteiger partial charge is 0.384 e. The highest BCUT2D eigenvalue weighted by Gasteiger charge is 2.12. The summed E-state index contributed by atoms with van der Waals surface area (Å²) in [6.07, 6.45) is -0.744. The third kappa shape index (κ3) is 1.87. The van der Waals surface area contributed by atoms with Gasteiger partial charge in [-0.15, -0.1) is 0 Å². The SMILES string of the molecule is C[C@@H](O)c1nc(-c2ccc3ccccc3c2)no1. The second-order valence-corrected chi connectivity index (χ2v) is 4.19. The molecule has 0 amide bonds. The molecule has 0 unspecified atom stereocenters. The minimum absolute atomic E-state index is 0.234. The van der Waals surface area contributed by atoms with Crippen LogP contribution >= 0.6 is 0 Å². The van der Waals surface area contributed by atoms with Crippen LogP contribution in [0, 0.1) is 0 Å². The number of benzene rings is 2. The van der Waals surface area contributed by atoms with E-state index in [1.165, 1.54) is 5.39 Å². The third-order valence-electron chi connectivity index (χ3n) is 2.81. The van der Waals surface area contributed by atoms with Crippen molar-refractivity contribution in [3.63, 3.8) is 0 Å². The minimum Gasteiger partial charge on any atom is -0.384 e. The standard InChI is InChI=1S/C14H12N2O2/c1-9(17)14-15-13(16-18-14)12-7-6-10-4-2-3-5-11(10)8-12/h2-9,17H,1H3/t9-/m1/s1. The monoisotopic (exact) mass is 240 g/mol. The first-order valence-corrected chi connectivity index (χ1v) is 5.75. The van der Waals surface area contributed by atoms with Crippen LogP contribution in [0.15, 0.2) is 47.0 Å². The highest BCUT2D eigenvalue weighted by Crippen LogP contribution is 2.23. The molecule has 0 bridgehead atoms. The molecule has 0 saturated heterocycles. The van der Waals surface area contributed by atoms with Gasteiger partial charge in [-0.2, -0.15) is 4.98 Å². The zero-order chi connectivity index (χ0) is 12.5. The van der Waals surface area contributed by atoms with Crippen LogP contribution in [0.2, 0.25) is 0 Å². The van der Waals surface area contributed by atoms with Crippen LogP contribution in [0.25, 0.3) is 22.2 Å². The van der Waals surface area contributed by atoms with Crippen LogP contribution in [0.1, 0.15) is 18.9 Å². The second-order valence-electron chi connectivity index (χ2n) is 4.19. The molecule has 1 N–H and O–H groups in total. The molecule has 1 atom stereocenters. The van der Waals surface area contributed by atoms with Crippen molar-refractivity contribution in [1.29, 1.82) is 0 Å². The number of aliphatic hydroxyl groups is 1. The van der Waals surface area contributed by atoms with E-state index in [2.05, 4.69) is 16.2 Å². The predicted octanol–water partition coefficient (Wildman–Crippen LogP) is 2.94. The Kier molecular flexibility index (Phi) is 2.57. The van der Waals surface area contributed by atoms with Gasteiger partial charge in [-0.05, 0) is 23.8 Å². The fraction of sp³-hybridized carbons (Fsp3) is 0.143. The van der Waals surface area contributed by atoms with Crippen molar-refractivity contribution >= 4 is 10.8 Å². The maximum absolute atomic E-state index is 9.36. The lowest BCUT2D eigenvalue weighted by atomic mass is 10.1. The number of hydrogen-bond acceptors (Lipinski definition) is 4. The van der Waals surface area contributed by atoms with Gasteiger partial charge < -0.3 is 9.63 Å². The lowest BCUT2D eigenvalue weighted by Gasteiger charge is -1.99. The summed E-state index contributed by atoms with van der Waals surface area (Å²) in [6.45, 7) is 1.59. The summed E-state index contributed by atoms with van der Waals surface area (Å²) < 4.78 is 4.98. The molecule has 0 aliphatic heterocycles. The fourth-order valence-corrected chi connectivity index (χ4v) is 1.85. The summed E-state index contributed by atoms with van der Waals surface area (Å²) >= 11 is 0. The summed E-state index contributed by atoms with van der Waals surface area (Å²) in [5.74, 6) is 0.731. The molecule has 18 heavy (non-hydrogen) atoms. The van der Waals surface area contributed by atoms with Crippen LogP contribution in [-0.4, -0.2) is 15.2 Å². The Hall–Kier alpha value is -2.20. The molecule has 0 saturated carbocycles. The van der Waals surface area contributed by atoms with Gasteiger partial charge in [0, 0.05) is 5.56 Å². The highest BCUT2D eigenvalue weighted by molar-refractivity contribution is 5.86. The van der Waals surface area contributed by atoms with Gasteiger partial charge >= 0.3 is 0 Å². The Morgan fingerprint density at radius 3 is 2.61 bits per heavy atom. The summed E-state index contributed by atoms with van der Waals surface area (Å²) in [5.41, 5.74) is 0.879. The third-order valence-corrected chi connectivity index (χ3v) is 2.81. The average Bonchev–Trinajstić information content (AvgIpc) is 2.88. The van der Waals surface area contributed by atoms with Crippen molar-refractivity contribution in [2.75, 3.05) is 0 Å². The zero-order valence-corrected chi connectivity index (χ0v) is 9.87. The molecule has 1 heterocycles. The second kappa shape index (κ2) is 4.23. The van der Waals surface area contributed by atoms with Crippen LogP contribution < -0.4 is 0 Å². The maximum Gasteiger partial charge on any atom is 0.255 e. The lowest BCUT2D eigenvalue weighted by Crippen LogP contribution is -1.90. The van der Waals surface area contributed by atoms with E-state index in [1.807, 2.05) is 36.4 Å². The van der Waals surface area contributed by atoms with Gasteiger partial charge in [-0.1, -0.05) is 41.6 Å². The van der Waals surface area contributed by atoms with Crippen LogP contribution in [-0.2, 0) is 0 Å². The van der Waals surface area contributed by atoms with Gasteiger partial charge in [-0.25, -0.2) is 0 Å². The Morgan fingerprint density at radius 2 is 1.89 bits per heavy atom. The Labute approximate surface area is 104 Å². The summed E-state index contributed by atoms with van der Waals surface area (Å²) in [5, 5.41) is 15.5. The topological polar surface area (TPSA) is 59.2 Å². The van der Waals surface area contributed by atoms with Crippen molar-refractivity contribution in [3.8, 4) is 11.4 Å². The van der Waals surface area contributed by atoms with E-state index in [4.69, 9.17) is 4.52 Å². The number of rotatable bonds is 2. The van der Waals surface area contributed by atoms with Crippen LogP contribution in [0.4, 0.5) is 0 Å². The molecule has 0 radical (unpaired) electrons. The van der Waals surface area contributed by atoms with Crippen molar-refractivity contribution in [2.45, 2.75) is 13.0 Å². The van der Waals surface area contributed by atoms with Gasteiger partial charge in [-0.3, -0.25) is 0 Å². The molecular formula is C14H12N2O2. The first-order chi connectivity index (χ1) is 8.74. The smallest absolute Gasteiger partial charge is 0.255 e. The number of hydrogen-bond donors (Lipinski definition) is 1. The number of aromatic nitrogens is 2. The van der Waals surface area contributed by atoms with Gasteiger partial charge in [0.2, 0.25) is 5.82 Å². The molecule has 3 aromatic rings. The molecule has 0 spiro atoms. The van der Waals surface area contributed by atoms with E-state index in [9.17, 15) is 5.11 Å². The normalized spacial score (nSPS) is 12.8. The minimum atomic E-state index is -0.744. The Balaban J connectivity index is 2.07. The van der Waals surface area contributed by atoms with Crippen molar-refractivity contribution in [2.24, 2.45) is 0 Å². The Morgan fingerprint density at radius 1 is 1.11 bits per heavy atom. The van der Waals surface area contributed by atoms with E-state index in [0.29, 0.717) is 5.82 Å². The first-order valence-electron chi connectivity index (χ1n) is 5.75. The van der Waals surface area contributed by atoms with E-state index < -0.39 is 6.10 Å². The molecule has 4 nitrogen and oxygen atoms in total. The molecule has 3 rings (SSSR count). The van der Waals surface area contributed by atoms with E-state index in [0.717, 1.165) is 10.9 Å². The molecule has 2 aromatic carbocycles. The van der Waals surface area contributed by atoms with Crippen LogP contribution in [0.5, 0.6) is 0 Å². The molecule has 1 aromatic heterocycles. The van der Waals surface area contributed by atoms with Crippen molar-refractivity contribution in [3.05, 3.63) is 48.4 Å². The van der Waals surface area contributed by atoms with Gasteiger partial charge in [0.1, 0.15) is 6.10 Å². The fourth-order valence-electron chi connectivity index (χ4n) is 1.85. The predicted molar refractivity (Wildman–Crippen MR) is 67.9 cm³/mol. The summed E-state index contributed by atoms with van der Waals surface area (Å²) in [4.78, 5) is 4.16.